The number of aliphatic hydroxyl groups is 1. The van der Waals surface area contributed by atoms with E-state index in [2.05, 4.69) is 4.98 Å². The van der Waals surface area contributed by atoms with Crippen LogP contribution in [0.3, 0.4) is 0 Å². The van der Waals surface area contributed by atoms with Gasteiger partial charge in [-0.05, 0) is 27.6 Å². The highest BCUT2D eigenvalue weighted by Gasteiger charge is 2.30. The lowest BCUT2D eigenvalue weighted by Gasteiger charge is -2.12. The predicted octanol–water partition coefficient (Wildman–Crippen LogP) is 2.54. The molecule has 0 radical (unpaired) electrons. The van der Waals surface area contributed by atoms with Gasteiger partial charge < -0.3 is 19.8 Å². The molecule has 0 aliphatic carbocycles. The van der Waals surface area contributed by atoms with Gasteiger partial charge in [0.05, 0.1) is 18.2 Å². The minimum absolute atomic E-state index is 0.0494. The molecule has 112 valence electrons. The average molecular weight is 301 g/mol. The van der Waals surface area contributed by atoms with Gasteiger partial charge >= 0.3 is 12.0 Å². The molecule has 1 aromatic carbocycles. The van der Waals surface area contributed by atoms with Crippen LogP contribution in [0.4, 0.5) is 19.0 Å². The zero-order valence-corrected chi connectivity index (χ0v) is 10.5. The van der Waals surface area contributed by atoms with Crippen molar-refractivity contribution in [1.82, 2.24) is 9.55 Å². The van der Waals surface area contributed by atoms with E-state index in [0.29, 0.717) is 0 Å². The van der Waals surface area contributed by atoms with Crippen molar-refractivity contribution in [3.05, 3.63) is 58.0 Å². The summed E-state index contributed by atoms with van der Waals surface area (Å²) in [7, 11) is 0. The molecular formula is C12H10F3N3O3. The third-order valence-corrected chi connectivity index (χ3v) is 2.81. The third kappa shape index (κ3) is 3.57. The van der Waals surface area contributed by atoms with Crippen LogP contribution in [0.25, 0.3) is 0 Å². The van der Waals surface area contributed by atoms with Gasteiger partial charge in [0, 0.05) is 0 Å². The summed E-state index contributed by atoms with van der Waals surface area (Å²) in [6.45, 7) is -0.0494. The zero-order chi connectivity index (χ0) is 15.6. The van der Waals surface area contributed by atoms with Gasteiger partial charge in [-0.2, -0.15) is 13.2 Å². The van der Waals surface area contributed by atoms with Crippen molar-refractivity contribution >= 4 is 5.82 Å². The molecule has 2 rings (SSSR count). The van der Waals surface area contributed by atoms with Crippen molar-refractivity contribution in [2.45, 2.75) is 18.8 Å². The van der Waals surface area contributed by atoms with E-state index in [-0.39, 0.29) is 17.9 Å². The maximum atomic E-state index is 12.4. The first-order valence-corrected chi connectivity index (χ1v) is 5.79. The minimum Gasteiger partial charge on any atom is -0.387 e. The summed E-state index contributed by atoms with van der Waals surface area (Å²) < 4.78 is 38.5. The summed E-state index contributed by atoms with van der Waals surface area (Å²) in [6, 6.07) is 4.07. The van der Waals surface area contributed by atoms with E-state index in [0.717, 1.165) is 18.3 Å². The maximum absolute atomic E-state index is 12.4. The van der Waals surface area contributed by atoms with Crippen molar-refractivity contribution < 1.29 is 23.2 Å². The van der Waals surface area contributed by atoms with Crippen LogP contribution in [0.5, 0.6) is 0 Å². The van der Waals surface area contributed by atoms with Gasteiger partial charge in [0.15, 0.2) is 0 Å². The van der Waals surface area contributed by atoms with Gasteiger partial charge in [0.1, 0.15) is 6.20 Å². The molecule has 1 N–H and O–H groups in total. The van der Waals surface area contributed by atoms with Crippen molar-refractivity contribution in [2.75, 3.05) is 0 Å². The van der Waals surface area contributed by atoms with Crippen LogP contribution in [0.2, 0.25) is 0 Å². The van der Waals surface area contributed by atoms with Gasteiger partial charge in [-0.1, -0.05) is 12.1 Å². The van der Waals surface area contributed by atoms with Crippen LogP contribution in [0.1, 0.15) is 17.2 Å². The number of benzene rings is 1. The maximum Gasteiger partial charge on any atom is 0.416 e. The number of alkyl halides is 3. The number of halogens is 3. The number of rotatable bonds is 4. The number of aromatic nitrogens is 2. The first kappa shape index (κ1) is 15.0. The van der Waals surface area contributed by atoms with Gasteiger partial charge in [0.25, 0.3) is 0 Å². The lowest BCUT2D eigenvalue weighted by Crippen LogP contribution is -2.09. The molecule has 0 saturated heterocycles. The Morgan fingerprint density at radius 1 is 1.33 bits per heavy atom. The fourth-order valence-corrected chi connectivity index (χ4v) is 1.74. The number of hydrogen-bond acceptors (Lipinski definition) is 4. The number of aliphatic hydroxyl groups excluding tert-OH is 1. The van der Waals surface area contributed by atoms with Crippen molar-refractivity contribution in [3.8, 4) is 0 Å². The van der Waals surface area contributed by atoms with E-state index in [9.17, 15) is 28.4 Å². The molecule has 21 heavy (non-hydrogen) atoms. The average Bonchev–Trinajstić information content (AvgIpc) is 2.86. The normalized spacial score (nSPS) is 13.1. The molecule has 1 unspecified atom stereocenters. The first-order valence-electron chi connectivity index (χ1n) is 5.79. The Balaban J connectivity index is 2.09. The van der Waals surface area contributed by atoms with Gasteiger partial charge in [-0.25, -0.2) is 0 Å². The van der Waals surface area contributed by atoms with Crippen LogP contribution < -0.4 is 0 Å². The number of nitrogens with zero attached hydrogens (tertiary/aromatic N) is 3. The summed E-state index contributed by atoms with van der Waals surface area (Å²) in [4.78, 5) is 13.3. The quantitative estimate of drug-likeness (QED) is 0.695. The van der Waals surface area contributed by atoms with Gasteiger partial charge in [-0.3, -0.25) is 0 Å². The summed E-state index contributed by atoms with van der Waals surface area (Å²) in [6.07, 6.45) is -3.23. The molecule has 0 saturated carbocycles. The second-order valence-electron chi connectivity index (χ2n) is 4.32. The Bertz CT molecular complexity index is 637. The Morgan fingerprint density at radius 3 is 2.43 bits per heavy atom. The Morgan fingerprint density at radius 2 is 1.95 bits per heavy atom. The van der Waals surface area contributed by atoms with Crippen LogP contribution in [-0.2, 0) is 12.7 Å². The number of imidazole rings is 1. The lowest BCUT2D eigenvalue weighted by atomic mass is 10.1. The standard InChI is InChI=1S/C12H10F3N3O3/c13-12(14,15)9-3-1-8(2-4-9)10(19)5-17-6-11(16-7-17)18(20)21/h1-4,6-7,10,19H,5H2. The minimum atomic E-state index is -4.44. The Hall–Kier alpha value is -2.42. The molecule has 0 bridgehead atoms. The summed E-state index contributed by atoms with van der Waals surface area (Å²) in [5.41, 5.74) is -0.531. The fraction of sp³-hybridized carbons (Fsp3) is 0.250. The van der Waals surface area contributed by atoms with Crippen LogP contribution in [0, 0.1) is 10.1 Å². The molecule has 1 heterocycles. The van der Waals surface area contributed by atoms with Crippen molar-refractivity contribution in [1.29, 1.82) is 0 Å². The molecule has 6 nitrogen and oxygen atoms in total. The van der Waals surface area contributed by atoms with E-state index in [1.165, 1.54) is 23.0 Å². The third-order valence-electron chi connectivity index (χ3n) is 2.81. The lowest BCUT2D eigenvalue weighted by molar-refractivity contribution is -0.389. The monoisotopic (exact) mass is 301 g/mol. The molecule has 0 fully saturated rings. The molecule has 2 aromatic rings. The zero-order valence-electron chi connectivity index (χ0n) is 10.5. The van der Waals surface area contributed by atoms with Crippen LogP contribution in [0.15, 0.2) is 36.8 Å². The Labute approximate surface area is 116 Å². The fourth-order valence-electron chi connectivity index (χ4n) is 1.74. The van der Waals surface area contributed by atoms with E-state index < -0.39 is 22.8 Å². The van der Waals surface area contributed by atoms with E-state index >= 15 is 0 Å². The topological polar surface area (TPSA) is 81.2 Å². The first-order chi connectivity index (χ1) is 9.77. The van der Waals surface area contributed by atoms with Gasteiger partial charge in [-0.15, -0.1) is 0 Å². The molecule has 0 aliphatic heterocycles. The van der Waals surface area contributed by atoms with E-state index in [1.807, 2.05) is 0 Å². The predicted molar refractivity (Wildman–Crippen MR) is 65.3 cm³/mol. The number of hydrogen-bond donors (Lipinski definition) is 1. The molecule has 0 amide bonds. The Kier molecular flexibility index (Phi) is 3.94. The summed E-state index contributed by atoms with van der Waals surface area (Å²) in [5.74, 6) is -0.366. The number of nitro groups is 1. The van der Waals surface area contributed by atoms with Crippen LogP contribution in [-0.4, -0.2) is 19.6 Å². The molecule has 1 aromatic heterocycles. The molecule has 0 spiro atoms. The van der Waals surface area contributed by atoms with Crippen molar-refractivity contribution in [2.24, 2.45) is 0 Å². The SMILES string of the molecule is O=[N+]([O-])c1cn(CC(O)c2ccc(C(F)(F)F)cc2)cn1. The molecular weight excluding hydrogens is 291 g/mol. The summed E-state index contributed by atoms with van der Waals surface area (Å²) in [5, 5.41) is 20.4. The van der Waals surface area contributed by atoms with E-state index in [1.54, 1.807) is 0 Å². The van der Waals surface area contributed by atoms with E-state index in [4.69, 9.17) is 0 Å². The summed E-state index contributed by atoms with van der Waals surface area (Å²) >= 11 is 0. The molecule has 1 atom stereocenters. The second-order valence-corrected chi connectivity index (χ2v) is 4.32. The second kappa shape index (κ2) is 5.52. The molecule has 9 heteroatoms. The highest BCUT2D eigenvalue weighted by Crippen LogP contribution is 2.30. The largest absolute Gasteiger partial charge is 0.416 e. The van der Waals surface area contributed by atoms with Gasteiger partial charge in [0.2, 0.25) is 6.33 Å². The highest BCUT2D eigenvalue weighted by atomic mass is 19.4. The van der Waals surface area contributed by atoms with Crippen LogP contribution >= 0.6 is 0 Å². The highest BCUT2D eigenvalue weighted by molar-refractivity contribution is 5.26. The smallest absolute Gasteiger partial charge is 0.387 e. The molecule has 0 aliphatic rings. The van der Waals surface area contributed by atoms with Crippen molar-refractivity contribution in [3.63, 3.8) is 0 Å².